The number of rotatable bonds is 3. The number of nitrogens with zero attached hydrogens (tertiary/aromatic N) is 3. The van der Waals surface area contributed by atoms with E-state index in [-0.39, 0.29) is 0 Å². The summed E-state index contributed by atoms with van der Waals surface area (Å²) in [4.78, 5) is 4.48. The Labute approximate surface area is 122 Å². The summed E-state index contributed by atoms with van der Waals surface area (Å²) in [6.07, 6.45) is 1.65. The molecule has 0 saturated carbocycles. The third kappa shape index (κ3) is 2.47. The second kappa shape index (κ2) is 5.13. The number of hydrogen-bond donors (Lipinski definition) is 0. The molecule has 0 aliphatic rings. The van der Waals surface area contributed by atoms with Crippen LogP contribution in [-0.4, -0.2) is 14.8 Å². The van der Waals surface area contributed by atoms with E-state index in [2.05, 4.69) is 10.1 Å². The SMILES string of the molecule is Cc1cc(C)n(Cc2coc(-c3ccccc3Cl)n2)n1. The maximum absolute atomic E-state index is 6.14. The van der Waals surface area contributed by atoms with Gasteiger partial charge in [-0.05, 0) is 32.0 Å². The molecule has 1 aromatic carbocycles. The summed E-state index contributed by atoms with van der Waals surface area (Å²) in [5, 5.41) is 5.05. The van der Waals surface area contributed by atoms with Crippen LogP contribution in [0.15, 0.2) is 41.0 Å². The van der Waals surface area contributed by atoms with Crippen LogP contribution in [0.1, 0.15) is 17.1 Å². The average Bonchev–Trinajstić information content (AvgIpc) is 2.98. The topological polar surface area (TPSA) is 43.9 Å². The van der Waals surface area contributed by atoms with Gasteiger partial charge in [0, 0.05) is 5.69 Å². The van der Waals surface area contributed by atoms with Gasteiger partial charge in [0.2, 0.25) is 5.89 Å². The van der Waals surface area contributed by atoms with Gasteiger partial charge in [0.05, 0.1) is 22.8 Å². The van der Waals surface area contributed by atoms with Crippen LogP contribution in [0.5, 0.6) is 0 Å². The lowest BCUT2D eigenvalue weighted by atomic mass is 10.2. The molecule has 0 unspecified atom stereocenters. The average molecular weight is 288 g/mol. The van der Waals surface area contributed by atoms with E-state index in [0.717, 1.165) is 22.6 Å². The summed E-state index contributed by atoms with van der Waals surface area (Å²) >= 11 is 6.14. The minimum absolute atomic E-state index is 0.534. The van der Waals surface area contributed by atoms with Crippen LogP contribution in [0.4, 0.5) is 0 Å². The Morgan fingerprint density at radius 1 is 1.25 bits per heavy atom. The Hall–Kier alpha value is -2.07. The van der Waals surface area contributed by atoms with Gasteiger partial charge in [-0.25, -0.2) is 4.98 Å². The predicted molar refractivity (Wildman–Crippen MR) is 77.8 cm³/mol. The van der Waals surface area contributed by atoms with Gasteiger partial charge in [-0.1, -0.05) is 23.7 Å². The zero-order valence-corrected chi connectivity index (χ0v) is 12.1. The zero-order valence-electron chi connectivity index (χ0n) is 11.3. The molecule has 0 saturated heterocycles. The van der Waals surface area contributed by atoms with Crippen molar-refractivity contribution in [2.75, 3.05) is 0 Å². The Balaban J connectivity index is 1.88. The fourth-order valence-corrected chi connectivity index (χ4v) is 2.34. The molecule has 0 atom stereocenters. The third-order valence-electron chi connectivity index (χ3n) is 3.07. The molecule has 0 N–H and O–H groups in total. The molecule has 5 heteroatoms. The van der Waals surface area contributed by atoms with Crippen LogP contribution in [0.25, 0.3) is 11.5 Å². The fraction of sp³-hybridized carbons (Fsp3) is 0.200. The highest BCUT2D eigenvalue weighted by Gasteiger charge is 2.11. The second-order valence-corrected chi connectivity index (χ2v) is 5.12. The Morgan fingerprint density at radius 3 is 2.75 bits per heavy atom. The van der Waals surface area contributed by atoms with Crippen molar-refractivity contribution in [3.63, 3.8) is 0 Å². The number of halogens is 1. The van der Waals surface area contributed by atoms with Crippen molar-refractivity contribution in [3.05, 3.63) is 58.7 Å². The fourth-order valence-electron chi connectivity index (χ4n) is 2.13. The number of aryl methyl sites for hydroxylation is 2. The summed E-state index contributed by atoms with van der Waals surface area (Å²) in [7, 11) is 0. The third-order valence-corrected chi connectivity index (χ3v) is 3.40. The van der Waals surface area contributed by atoms with Crippen molar-refractivity contribution in [3.8, 4) is 11.5 Å². The van der Waals surface area contributed by atoms with Crippen molar-refractivity contribution < 1.29 is 4.42 Å². The van der Waals surface area contributed by atoms with E-state index in [0.29, 0.717) is 17.5 Å². The standard InChI is InChI=1S/C15H14ClN3O/c1-10-7-11(2)19(18-10)8-12-9-20-15(17-12)13-5-3-4-6-14(13)16/h3-7,9H,8H2,1-2H3. The van der Waals surface area contributed by atoms with Crippen molar-refractivity contribution in [2.24, 2.45) is 0 Å². The molecule has 0 spiro atoms. The maximum Gasteiger partial charge on any atom is 0.227 e. The van der Waals surface area contributed by atoms with Crippen LogP contribution in [0.3, 0.4) is 0 Å². The van der Waals surface area contributed by atoms with Gasteiger partial charge in [-0.2, -0.15) is 5.10 Å². The van der Waals surface area contributed by atoms with Gasteiger partial charge >= 0.3 is 0 Å². The van der Waals surface area contributed by atoms with Crippen molar-refractivity contribution in [1.82, 2.24) is 14.8 Å². The minimum Gasteiger partial charge on any atom is -0.444 e. The van der Waals surface area contributed by atoms with E-state index in [4.69, 9.17) is 16.0 Å². The molecular formula is C15H14ClN3O. The molecule has 0 amide bonds. The molecule has 0 radical (unpaired) electrons. The molecule has 0 aliphatic carbocycles. The smallest absolute Gasteiger partial charge is 0.227 e. The largest absolute Gasteiger partial charge is 0.444 e. The summed E-state index contributed by atoms with van der Waals surface area (Å²) in [6, 6.07) is 9.54. The molecule has 2 heterocycles. The molecule has 0 bridgehead atoms. The Kier molecular flexibility index (Phi) is 3.32. The first kappa shape index (κ1) is 12.9. The van der Waals surface area contributed by atoms with Crippen LogP contribution >= 0.6 is 11.6 Å². The molecular weight excluding hydrogens is 274 g/mol. The van der Waals surface area contributed by atoms with Crippen molar-refractivity contribution in [1.29, 1.82) is 0 Å². The van der Waals surface area contributed by atoms with Gasteiger partial charge in [0.25, 0.3) is 0 Å². The number of oxazole rings is 1. The van der Waals surface area contributed by atoms with Crippen LogP contribution < -0.4 is 0 Å². The monoisotopic (exact) mass is 287 g/mol. The van der Waals surface area contributed by atoms with Crippen LogP contribution in [-0.2, 0) is 6.54 Å². The molecule has 0 fully saturated rings. The minimum atomic E-state index is 0.534. The van der Waals surface area contributed by atoms with E-state index >= 15 is 0 Å². The molecule has 20 heavy (non-hydrogen) atoms. The highest BCUT2D eigenvalue weighted by Crippen LogP contribution is 2.26. The van der Waals surface area contributed by atoms with Gasteiger partial charge in [0.1, 0.15) is 12.0 Å². The number of hydrogen-bond acceptors (Lipinski definition) is 3. The van der Waals surface area contributed by atoms with Gasteiger partial charge in [-0.3, -0.25) is 4.68 Å². The second-order valence-electron chi connectivity index (χ2n) is 4.71. The lowest BCUT2D eigenvalue weighted by molar-refractivity contribution is 0.568. The van der Waals surface area contributed by atoms with Crippen LogP contribution in [0.2, 0.25) is 5.02 Å². The van der Waals surface area contributed by atoms with Crippen molar-refractivity contribution in [2.45, 2.75) is 20.4 Å². The molecule has 4 nitrogen and oxygen atoms in total. The number of aromatic nitrogens is 3. The summed E-state index contributed by atoms with van der Waals surface area (Å²) < 4.78 is 7.42. The van der Waals surface area contributed by atoms with E-state index < -0.39 is 0 Å². The quantitative estimate of drug-likeness (QED) is 0.735. The highest BCUT2D eigenvalue weighted by molar-refractivity contribution is 6.33. The lowest BCUT2D eigenvalue weighted by Crippen LogP contribution is -2.04. The molecule has 0 aliphatic heterocycles. The first-order chi connectivity index (χ1) is 9.63. The summed E-state index contributed by atoms with van der Waals surface area (Å²) in [5.74, 6) is 0.534. The van der Waals surface area contributed by atoms with E-state index in [1.165, 1.54) is 0 Å². The number of benzene rings is 1. The first-order valence-electron chi connectivity index (χ1n) is 6.34. The summed E-state index contributed by atoms with van der Waals surface area (Å²) in [5.41, 5.74) is 3.72. The van der Waals surface area contributed by atoms with E-state index in [9.17, 15) is 0 Å². The van der Waals surface area contributed by atoms with Gasteiger partial charge in [0.15, 0.2) is 0 Å². The van der Waals surface area contributed by atoms with E-state index in [1.54, 1.807) is 6.26 Å². The van der Waals surface area contributed by atoms with E-state index in [1.807, 2.05) is 48.9 Å². The first-order valence-corrected chi connectivity index (χ1v) is 6.71. The summed E-state index contributed by atoms with van der Waals surface area (Å²) in [6.45, 7) is 4.59. The Morgan fingerprint density at radius 2 is 2.05 bits per heavy atom. The maximum atomic E-state index is 6.14. The van der Waals surface area contributed by atoms with Gasteiger partial charge < -0.3 is 4.42 Å². The normalized spacial score (nSPS) is 10.9. The van der Waals surface area contributed by atoms with Crippen LogP contribution in [0, 0.1) is 13.8 Å². The predicted octanol–water partition coefficient (Wildman–Crippen LogP) is 3.86. The molecule has 3 aromatic rings. The molecule has 2 aromatic heterocycles. The van der Waals surface area contributed by atoms with Crippen molar-refractivity contribution >= 4 is 11.6 Å². The highest BCUT2D eigenvalue weighted by atomic mass is 35.5. The zero-order chi connectivity index (χ0) is 14.1. The Bertz CT molecular complexity index is 745. The molecule has 102 valence electrons. The lowest BCUT2D eigenvalue weighted by Gasteiger charge is -2.00. The molecule has 3 rings (SSSR count). The van der Waals surface area contributed by atoms with Gasteiger partial charge in [-0.15, -0.1) is 0 Å².